The van der Waals surface area contributed by atoms with Crippen LogP contribution in [-0.4, -0.2) is 4.83 Å². The predicted molar refractivity (Wildman–Crippen MR) is 72.3 cm³/mol. The minimum absolute atomic E-state index is 0.547. The third-order valence-corrected chi connectivity index (χ3v) is 3.56. The van der Waals surface area contributed by atoms with Crippen molar-refractivity contribution < 1.29 is 0 Å². The molecule has 15 heavy (non-hydrogen) atoms. The van der Waals surface area contributed by atoms with Crippen LogP contribution in [0.5, 0.6) is 0 Å². The molecule has 0 aliphatic rings. The summed E-state index contributed by atoms with van der Waals surface area (Å²) in [6.45, 7) is 4.39. The van der Waals surface area contributed by atoms with E-state index in [9.17, 15) is 0 Å². The molecule has 0 fully saturated rings. The van der Waals surface area contributed by atoms with E-state index in [1.807, 2.05) is 18.2 Å². The molecule has 0 saturated carbocycles. The van der Waals surface area contributed by atoms with E-state index < -0.39 is 0 Å². The topological polar surface area (TPSA) is 0 Å². The van der Waals surface area contributed by atoms with Gasteiger partial charge in [-0.25, -0.2) is 0 Å². The fourth-order valence-electron chi connectivity index (χ4n) is 1.72. The first-order chi connectivity index (χ1) is 7.00. The Hall–Kier alpha value is 0.280. The van der Waals surface area contributed by atoms with Crippen LogP contribution in [0.3, 0.4) is 0 Å². The number of rotatable bonds is 4. The Morgan fingerprint density at radius 1 is 1.27 bits per heavy atom. The highest BCUT2D eigenvalue weighted by Crippen LogP contribution is 2.28. The lowest BCUT2D eigenvalue weighted by Crippen LogP contribution is -2.05. The first kappa shape index (κ1) is 13.3. The molecule has 0 heterocycles. The van der Waals surface area contributed by atoms with E-state index >= 15 is 0 Å². The van der Waals surface area contributed by atoms with Crippen molar-refractivity contribution in [3.63, 3.8) is 0 Å². The predicted octanol–water partition coefficient (Wildman–Crippen LogP) is 5.35. The van der Waals surface area contributed by atoms with Crippen LogP contribution in [0.4, 0.5) is 0 Å². The largest absolute Gasteiger partial charge is 0.0894 e. The molecule has 84 valence electrons. The minimum atomic E-state index is 0.547. The number of benzene rings is 1. The number of halogens is 3. The SMILES string of the molecule is CC(Br)CC(C)Cc1cccc(Cl)c1Cl. The molecule has 0 aromatic heterocycles. The van der Waals surface area contributed by atoms with Crippen LogP contribution in [0.2, 0.25) is 10.0 Å². The first-order valence-corrected chi connectivity index (χ1v) is 6.74. The molecule has 1 aromatic rings. The number of alkyl halides is 1. The van der Waals surface area contributed by atoms with Crippen LogP contribution in [0, 0.1) is 5.92 Å². The Morgan fingerprint density at radius 2 is 1.93 bits per heavy atom. The van der Waals surface area contributed by atoms with Crippen molar-refractivity contribution in [1.82, 2.24) is 0 Å². The van der Waals surface area contributed by atoms with E-state index in [1.54, 1.807) is 0 Å². The van der Waals surface area contributed by atoms with Gasteiger partial charge >= 0.3 is 0 Å². The molecule has 0 saturated heterocycles. The molecule has 0 spiro atoms. The van der Waals surface area contributed by atoms with Gasteiger partial charge in [0.15, 0.2) is 0 Å². The van der Waals surface area contributed by atoms with Gasteiger partial charge in [-0.3, -0.25) is 0 Å². The third kappa shape index (κ3) is 4.34. The lowest BCUT2D eigenvalue weighted by Gasteiger charge is -2.14. The fourth-order valence-corrected chi connectivity index (χ4v) is 2.75. The summed E-state index contributed by atoms with van der Waals surface area (Å²) in [4.78, 5) is 0.547. The summed E-state index contributed by atoms with van der Waals surface area (Å²) >= 11 is 15.7. The molecule has 1 aromatic carbocycles. The Bertz CT molecular complexity index is 323. The second-order valence-electron chi connectivity index (χ2n) is 4.04. The molecule has 0 amide bonds. The van der Waals surface area contributed by atoms with Gasteiger partial charge in [-0.2, -0.15) is 0 Å². The Balaban J connectivity index is 2.68. The molecule has 2 unspecified atom stereocenters. The Kier molecular flexibility index (Phi) is 5.45. The molecule has 2 atom stereocenters. The summed E-state index contributed by atoms with van der Waals surface area (Å²) in [5, 5.41) is 1.35. The summed E-state index contributed by atoms with van der Waals surface area (Å²) in [7, 11) is 0. The fraction of sp³-hybridized carbons (Fsp3) is 0.500. The molecule has 3 heteroatoms. The van der Waals surface area contributed by atoms with E-state index in [0.717, 1.165) is 18.4 Å². The van der Waals surface area contributed by atoms with Crippen LogP contribution >= 0.6 is 39.1 Å². The highest BCUT2D eigenvalue weighted by atomic mass is 79.9. The van der Waals surface area contributed by atoms with Gasteiger partial charge in [-0.15, -0.1) is 0 Å². The van der Waals surface area contributed by atoms with Crippen molar-refractivity contribution in [2.75, 3.05) is 0 Å². The molecule has 0 aliphatic heterocycles. The van der Waals surface area contributed by atoms with Crippen LogP contribution in [-0.2, 0) is 6.42 Å². The molecule has 0 radical (unpaired) electrons. The summed E-state index contributed by atoms with van der Waals surface area (Å²) in [5.74, 6) is 0.607. The van der Waals surface area contributed by atoms with E-state index in [-0.39, 0.29) is 0 Å². The monoisotopic (exact) mass is 308 g/mol. The average molecular weight is 310 g/mol. The Morgan fingerprint density at radius 3 is 2.53 bits per heavy atom. The molecule has 0 N–H and O–H groups in total. The van der Waals surface area contributed by atoms with Gasteiger partial charge in [0.25, 0.3) is 0 Å². The van der Waals surface area contributed by atoms with Gasteiger partial charge in [0, 0.05) is 4.83 Å². The molecule has 0 bridgehead atoms. The first-order valence-electron chi connectivity index (χ1n) is 5.07. The maximum absolute atomic E-state index is 6.13. The van der Waals surface area contributed by atoms with Crippen LogP contribution in [0.15, 0.2) is 18.2 Å². The zero-order valence-electron chi connectivity index (χ0n) is 8.93. The van der Waals surface area contributed by atoms with Gasteiger partial charge in [0.2, 0.25) is 0 Å². The maximum Gasteiger partial charge on any atom is 0.0624 e. The summed E-state index contributed by atoms with van der Waals surface area (Å²) < 4.78 is 0. The van der Waals surface area contributed by atoms with E-state index in [0.29, 0.717) is 20.8 Å². The minimum Gasteiger partial charge on any atom is -0.0894 e. The summed E-state index contributed by atoms with van der Waals surface area (Å²) in [6, 6.07) is 5.82. The van der Waals surface area contributed by atoms with Crippen molar-refractivity contribution >= 4 is 39.1 Å². The van der Waals surface area contributed by atoms with Gasteiger partial charge in [-0.1, -0.05) is 65.1 Å². The molecule has 0 nitrogen and oxygen atoms in total. The molecular weight excluding hydrogens is 295 g/mol. The van der Waals surface area contributed by atoms with Crippen molar-refractivity contribution in [3.8, 4) is 0 Å². The lowest BCUT2D eigenvalue weighted by molar-refractivity contribution is 0.533. The van der Waals surface area contributed by atoms with Crippen molar-refractivity contribution in [1.29, 1.82) is 0 Å². The van der Waals surface area contributed by atoms with Crippen molar-refractivity contribution in [3.05, 3.63) is 33.8 Å². The summed E-state index contributed by atoms with van der Waals surface area (Å²) in [5.41, 5.74) is 1.14. The van der Waals surface area contributed by atoms with Crippen LogP contribution < -0.4 is 0 Å². The van der Waals surface area contributed by atoms with Gasteiger partial charge < -0.3 is 0 Å². The van der Waals surface area contributed by atoms with E-state index in [2.05, 4.69) is 29.8 Å². The zero-order valence-corrected chi connectivity index (χ0v) is 12.0. The molecule has 1 rings (SSSR count). The van der Waals surface area contributed by atoms with Gasteiger partial charge in [0.1, 0.15) is 0 Å². The van der Waals surface area contributed by atoms with Crippen molar-refractivity contribution in [2.24, 2.45) is 5.92 Å². The molecule has 0 aliphatic carbocycles. The third-order valence-electron chi connectivity index (χ3n) is 2.33. The highest BCUT2D eigenvalue weighted by molar-refractivity contribution is 9.09. The summed E-state index contributed by atoms with van der Waals surface area (Å²) in [6.07, 6.45) is 2.12. The number of hydrogen-bond acceptors (Lipinski definition) is 0. The second kappa shape index (κ2) is 6.12. The van der Waals surface area contributed by atoms with E-state index in [4.69, 9.17) is 23.2 Å². The van der Waals surface area contributed by atoms with Crippen LogP contribution in [0.1, 0.15) is 25.8 Å². The van der Waals surface area contributed by atoms with Gasteiger partial charge in [-0.05, 0) is 30.4 Å². The van der Waals surface area contributed by atoms with Crippen LogP contribution in [0.25, 0.3) is 0 Å². The van der Waals surface area contributed by atoms with Gasteiger partial charge in [0.05, 0.1) is 10.0 Å². The highest BCUT2D eigenvalue weighted by Gasteiger charge is 2.10. The van der Waals surface area contributed by atoms with Crippen molar-refractivity contribution in [2.45, 2.75) is 31.5 Å². The lowest BCUT2D eigenvalue weighted by atomic mass is 9.97. The smallest absolute Gasteiger partial charge is 0.0624 e. The number of hydrogen-bond donors (Lipinski definition) is 0. The normalized spacial score (nSPS) is 15.0. The zero-order chi connectivity index (χ0) is 11.4. The molecular formula is C12H15BrCl2. The Labute approximate surface area is 110 Å². The second-order valence-corrected chi connectivity index (χ2v) is 6.39. The van der Waals surface area contributed by atoms with E-state index in [1.165, 1.54) is 0 Å². The average Bonchev–Trinajstić information content (AvgIpc) is 2.11. The maximum atomic E-state index is 6.13. The standard InChI is InChI=1S/C12H15BrCl2/c1-8(6-9(2)13)7-10-4-3-5-11(14)12(10)15/h3-5,8-9H,6-7H2,1-2H3. The quantitative estimate of drug-likeness (QED) is 0.658.